The summed E-state index contributed by atoms with van der Waals surface area (Å²) in [6.45, 7) is 10.1. The molecule has 17 heavy (non-hydrogen) atoms. The van der Waals surface area contributed by atoms with Gasteiger partial charge in [0.05, 0.1) is 0 Å². The Morgan fingerprint density at radius 2 is 1.82 bits per heavy atom. The van der Waals surface area contributed by atoms with E-state index in [1.165, 1.54) is 12.0 Å². The van der Waals surface area contributed by atoms with E-state index in [1.807, 2.05) is 12.1 Å². The zero-order valence-corrected chi connectivity index (χ0v) is 12.1. The summed E-state index contributed by atoms with van der Waals surface area (Å²) < 4.78 is 0. The Bertz CT molecular complexity index is 329. The van der Waals surface area contributed by atoms with Crippen molar-refractivity contribution in [2.75, 3.05) is 6.54 Å². The second-order valence-electron chi connectivity index (χ2n) is 5.45. The van der Waals surface area contributed by atoms with E-state index in [1.54, 1.807) is 0 Å². The van der Waals surface area contributed by atoms with Gasteiger partial charge >= 0.3 is 0 Å². The summed E-state index contributed by atoms with van der Waals surface area (Å²) in [6, 6.07) is 8.76. The van der Waals surface area contributed by atoms with E-state index in [0.717, 1.165) is 18.0 Å². The molecule has 1 unspecified atom stereocenters. The summed E-state index contributed by atoms with van der Waals surface area (Å²) in [5.74, 6) is 0. The molecule has 0 saturated carbocycles. The third-order valence-electron chi connectivity index (χ3n) is 3.18. The first-order valence-corrected chi connectivity index (χ1v) is 6.83. The lowest BCUT2D eigenvalue weighted by molar-refractivity contribution is 0.389. The van der Waals surface area contributed by atoms with E-state index in [-0.39, 0.29) is 5.41 Å². The van der Waals surface area contributed by atoms with Gasteiger partial charge in [-0.15, -0.1) is 0 Å². The summed E-state index contributed by atoms with van der Waals surface area (Å²) in [4.78, 5) is 0. The second kappa shape index (κ2) is 6.42. The maximum atomic E-state index is 5.92. The average molecular weight is 254 g/mol. The molecule has 0 aliphatic carbocycles. The Labute approximate surface area is 111 Å². The first-order chi connectivity index (χ1) is 7.95. The molecule has 1 aromatic rings. The molecule has 0 spiro atoms. The Kier molecular flexibility index (Phi) is 5.48. The molecule has 1 N–H and O–H groups in total. The van der Waals surface area contributed by atoms with Crippen LogP contribution in [-0.4, -0.2) is 12.6 Å². The normalized spacial score (nSPS) is 13.7. The topological polar surface area (TPSA) is 12.0 Å². The Hall–Kier alpha value is -0.530. The molecule has 0 aliphatic heterocycles. The van der Waals surface area contributed by atoms with Crippen LogP contribution in [0.4, 0.5) is 0 Å². The van der Waals surface area contributed by atoms with Gasteiger partial charge in [-0.2, -0.15) is 0 Å². The highest BCUT2D eigenvalue weighted by atomic mass is 35.5. The predicted octanol–water partition coefficient (Wildman–Crippen LogP) is 4.40. The van der Waals surface area contributed by atoms with Crippen molar-refractivity contribution in [1.29, 1.82) is 0 Å². The van der Waals surface area contributed by atoms with Crippen molar-refractivity contribution in [3.8, 4) is 0 Å². The number of halogens is 1. The lowest BCUT2D eigenvalue weighted by Gasteiger charge is -2.29. The third kappa shape index (κ3) is 4.69. The fourth-order valence-electron chi connectivity index (χ4n) is 2.25. The quantitative estimate of drug-likeness (QED) is 0.793. The number of hydrogen-bond donors (Lipinski definition) is 1. The molecular weight excluding hydrogens is 230 g/mol. The van der Waals surface area contributed by atoms with Crippen molar-refractivity contribution in [3.05, 3.63) is 34.9 Å². The van der Waals surface area contributed by atoms with Crippen molar-refractivity contribution in [2.45, 2.75) is 52.0 Å². The van der Waals surface area contributed by atoms with Crippen LogP contribution in [0.3, 0.4) is 0 Å². The molecule has 0 fully saturated rings. The minimum Gasteiger partial charge on any atom is -0.314 e. The summed E-state index contributed by atoms with van der Waals surface area (Å²) in [6.07, 6.45) is 2.32. The van der Waals surface area contributed by atoms with Crippen LogP contribution >= 0.6 is 11.6 Å². The van der Waals surface area contributed by atoms with Crippen LogP contribution in [0.5, 0.6) is 0 Å². The van der Waals surface area contributed by atoms with Crippen LogP contribution in [0.25, 0.3) is 0 Å². The van der Waals surface area contributed by atoms with Crippen LogP contribution < -0.4 is 5.32 Å². The van der Waals surface area contributed by atoms with Crippen molar-refractivity contribution >= 4 is 11.6 Å². The largest absolute Gasteiger partial charge is 0.314 e. The molecule has 1 rings (SSSR count). The Morgan fingerprint density at radius 3 is 2.35 bits per heavy atom. The SMILES string of the molecule is CCCNC(C)CC(C)(C)c1ccc(Cl)cc1. The summed E-state index contributed by atoms with van der Waals surface area (Å²) >= 11 is 5.92. The molecule has 0 radical (unpaired) electrons. The Morgan fingerprint density at radius 1 is 1.24 bits per heavy atom. The van der Waals surface area contributed by atoms with Gasteiger partial charge in [0.1, 0.15) is 0 Å². The number of rotatable bonds is 6. The molecule has 0 amide bonds. The zero-order valence-electron chi connectivity index (χ0n) is 11.4. The van der Waals surface area contributed by atoms with Crippen LogP contribution in [0, 0.1) is 0 Å². The second-order valence-corrected chi connectivity index (χ2v) is 5.89. The van der Waals surface area contributed by atoms with E-state index in [4.69, 9.17) is 11.6 Å². The van der Waals surface area contributed by atoms with E-state index in [0.29, 0.717) is 6.04 Å². The van der Waals surface area contributed by atoms with Gasteiger partial charge in [0.15, 0.2) is 0 Å². The molecule has 96 valence electrons. The molecule has 0 heterocycles. The molecule has 0 saturated heterocycles. The highest BCUT2D eigenvalue weighted by molar-refractivity contribution is 6.30. The molecule has 1 atom stereocenters. The van der Waals surface area contributed by atoms with Gasteiger partial charge in [-0.05, 0) is 49.4 Å². The molecule has 0 bridgehead atoms. The van der Waals surface area contributed by atoms with E-state index < -0.39 is 0 Å². The van der Waals surface area contributed by atoms with Crippen LogP contribution in [0.2, 0.25) is 5.02 Å². The zero-order chi connectivity index (χ0) is 12.9. The lowest BCUT2D eigenvalue weighted by atomic mass is 9.79. The molecular formula is C15H24ClN. The molecule has 1 aromatic carbocycles. The van der Waals surface area contributed by atoms with Gasteiger partial charge in [0.2, 0.25) is 0 Å². The van der Waals surface area contributed by atoms with Crippen LogP contribution in [-0.2, 0) is 5.41 Å². The summed E-state index contributed by atoms with van der Waals surface area (Å²) in [5, 5.41) is 4.35. The first kappa shape index (κ1) is 14.5. The van der Waals surface area contributed by atoms with Gasteiger partial charge in [-0.25, -0.2) is 0 Å². The molecule has 2 heteroatoms. The van der Waals surface area contributed by atoms with E-state index in [9.17, 15) is 0 Å². The minimum atomic E-state index is 0.185. The summed E-state index contributed by atoms with van der Waals surface area (Å²) in [7, 11) is 0. The summed E-state index contributed by atoms with van der Waals surface area (Å²) in [5.41, 5.74) is 1.54. The average Bonchev–Trinajstić information content (AvgIpc) is 2.26. The van der Waals surface area contributed by atoms with Gasteiger partial charge in [0.25, 0.3) is 0 Å². The van der Waals surface area contributed by atoms with Gasteiger partial charge in [0, 0.05) is 11.1 Å². The highest BCUT2D eigenvalue weighted by Gasteiger charge is 2.22. The predicted molar refractivity (Wildman–Crippen MR) is 76.9 cm³/mol. The lowest BCUT2D eigenvalue weighted by Crippen LogP contribution is -2.33. The van der Waals surface area contributed by atoms with Crippen molar-refractivity contribution in [2.24, 2.45) is 0 Å². The molecule has 0 aromatic heterocycles. The third-order valence-corrected chi connectivity index (χ3v) is 3.44. The maximum absolute atomic E-state index is 5.92. The van der Waals surface area contributed by atoms with Crippen LogP contribution in [0.15, 0.2) is 24.3 Å². The van der Waals surface area contributed by atoms with Crippen molar-refractivity contribution in [3.63, 3.8) is 0 Å². The highest BCUT2D eigenvalue weighted by Crippen LogP contribution is 2.29. The van der Waals surface area contributed by atoms with Crippen LogP contribution in [0.1, 0.15) is 46.1 Å². The van der Waals surface area contributed by atoms with Gasteiger partial charge < -0.3 is 5.32 Å². The number of nitrogens with one attached hydrogen (secondary N) is 1. The standard InChI is InChI=1S/C15H24ClN/c1-5-10-17-12(2)11-15(3,4)13-6-8-14(16)9-7-13/h6-9,12,17H,5,10-11H2,1-4H3. The van der Waals surface area contributed by atoms with E-state index in [2.05, 4.69) is 45.1 Å². The Balaban J connectivity index is 2.64. The fraction of sp³-hybridized carbons (Fsp3) is 0.600. The smallest absolute Gasteiger partial charge is 0.0406 e. The van der Waals surface area contributed by atoms with Gasteiger partial charge in [-0.1, -0.05) is 44.5 Å². The van der Waals surface area contributed by atoms with Crippen molar-refractivity contribution < 1.29 is 0 Å². The monoisotopic (exact) mass is 253 g/mol. The van der Waals surface area contributed by atoms with Gasteiger partial charge in [-0.3, -0.25) is 0 Å². The van der Waals surface area contributed by atoms with E-state index >= 15 is 0 Å². The maximum Gasteiger partial charge on any atom is 0.0406 e. The fourth-order valence-corrected chi connectivity index (χ4v) is 2.37. The molecule has 0 aliphatic rings. The first-order valence-electron chi connectivity index (χ1n) is 6.45. The number of benzene rings is 1. The van der Waals surface area contributed by atoms with Crippen molar-refractivity contribution in [1.82, 2.24) is 5.32 Å². The molecule has 1 nitrogen and oxygen atoms in total. The minimum absolute atomic E-state index is 0.185. The number of hydrogen-bond acceptors (Lipinski definition) is 1.